The number of sulfone groups is 1. The second-order valence-corrected chi connectivity index (χ2v) is 6.86. The molecule has 0 amide bonds. The zero-order valence-electron chi connectivity index (χ0n) is 11.3. The van der Waals surface area contributed by atoms with E-state index >= 15 is 0 Å². The Labute approximate surface area is 117 Å². The summed E-state index contributed by atoms with van der Waals surface area (Å²) in [5, 5.41) is 12.1. The van der Waals surface area contributed by atoms with Gasteiger partial charge in [0.25, 0.3) is 0 Å². The van der Waals surface area contributed by atoms with Crippen molar-refractivity contribution >= 4 is 15.8 Å². The van der Waals surface area contributed by atoms with Crippen molar-refractivity contribution < 1.29 is 23.1 Å². The van der Waals surface area contributed by atoms with Crippen LogP contribution in [0.15, 0.2) is 23.1 Å². The van der Waals surface area contributed by atoms with Gasteiger partial charge >= 0.3 is 5.97 Å². The van der Waals surface area contributed by atoms with E-state index in [4.69, 9.17) is 9.84 Å². The van der Waals surface area contributed by atoms with Gasteiger partial charge in [0.05, 0.1) is 17.9 Å². The minimum Gasteiger partial charge on any atom is -0.496 e. The molecule has 0 radical (unpaired) electrons. The first-order valence-electron chi connectivity index (χ1n) is 6.17. The van der Waals surface area contributed by atoms with Crippen molar-refractivity contribution in [3.63, 3.8) is 0 Å². The van der Waals surface area contributed by atoms with Gasteiger partial charge in [0.1, 0.15) is 5.75 Å². The third-order valence-electron chi connectivity index (χ3n) is 3.47. The molecule has 1 aromatic carbocycles. The van der Waals surface area contributed by atoms with Crippen molar-refractivity contribution in [1.82, 2.24) is 5.32 Å². The Hall–Kier alpha value is -1.60. The largest absolute Gasteiger partial charge is 0.496 e. The van der Waals surface area contributed by atoms with E-state index in [9.17, 15) is 13.2 Å². The Balaban J connectivity index is 2.48. The van der Waals surface area contributed by atoms with E-state index < -0.39 is 21.7 Å². The van der Waals surface area contributed by atoms with Crippen LogP contribution in [0.3, 0.4) is 0 Å². The zero-order valence-corrected chi connectivity index (χ0v) is 12.1. The number of hydrogen-bond donors (Lipinski definition) is 2. The summed E-state index contributed by atoms with van der Waals surface area (Å²) in [6.45, 7) is 0.321. The zero-order chi connectivity index (χ0) is 14.9. The topological polar surface area (TPSA) is 92.7 Å². The molecule has 0 aliphatic carbocycles. The summed E-state index contributed by atoms with van der Waals surface area (Å²) in [5.74, 6) is -0.940. The second-order valence-electron chi connectivity index (χ2n) is 4.88. The maximum atomic E-state index is 11.9. The van der Waals surface area contributed by atoms with Crippen LogP contribution >= 0.6 is 0 Å². The van der Waals surface area contributed by atoms with Gasteiger partial charge in [-0.1, -0.05) is 6.07 Å². The fourth-order valence-corrected chi connectivity index (χ4v) is 3.48. The molecule has 20 heavy (non-hydrogen) atoms. The number of carboxylic acid groups (broad SMARTS) is 1. The first kappa shape index (κ1) is 14.8. The predicted octanol–water partition coefficient (Wildman–Crippen LogP) is 0.834. The smallest absolute Gasteiger partial charge is 0.307 e. The van der Waals surface area contributed by atoms with E-state index in [1.165, 1.54) is 13.2 Å². The highest BCUT2D eigenvalue weighted by Crippen LogP contribution is 2.37. The van der Waals surface area contributed by atoms with Crippen LogP contribution in [0.25, 0.3) is 0 Å². The Morgan fingerprint density at radius 2 is 2.15 bits per heavy atom. The van der Waals surface area contributed by atoms with Gasteiger partial charge < -0.3 is 15.2 Å². The van der Waals surface area contributed by atoms with Crippen molar-refractivity contribution in [3.05, 3.63) is 23.8 Å². The average molecular weight is 299 g/mol. The lowest BCUT2D eigenvalue weighted by Crippen LogP contribution is -2.18. The van der Waals surface area contributed by atoms with Crippen LogP contribution in [-0.2, 0) is 14.6 Å². The number of ether oxygens (including phenoxy) is 1. The van der Waals surface area contributed by atoms with Crippen molar-refractivity contribution in [1.29, 1.82) is 0 Å². The highest BCUT2D eigenvalue weighted by molar-refractivity contribution is 7.90. The van der Waals surface area contributed by atoms with E-state index in [0.29, 0.717) is 24.3 Å². The predicted molar refractivity (Wildman–Crippen MR) is 72.6 cm³/mol. The van der Waals surface area contributed by atoms with Crippen LogP contribution in [0.2, 0.25) is 0 Å². The van der Waals surface area contributed by atoms with Crippen LogP contribution in [0.1, 0.15) is 18.0 Å². The number of benzene rings is 1. The monoisotopic (exact) mass is 299 g/mol. The molecule has 2 unspecified atom stereocenters. The number of rotatable bonds is 4. The third-order valence-corrected chi connectivity index (χ3v) is 4.63. The molecule has 0 saturated carbocycles. The van der Waals surface area contributed by atoms with Crippen molar-refractivity contribution in [3.8, 4) is 5.75 Å². The molecular formula is C13H17NO5S. The summed E-state index contributed by atoms with van der Waals surface area (Å²) in [6.07, 6.45) is 1.48. The molecular weight excluding hydrogens is 282 g/mol. The van der Waals surface area contributed by atoms with Crippen molar-refractivity contribution in [2.75, 3.05) is 19.9 Å². The summed E-state index contributed by atoms with van der Waals surface area (Å²) < 4.78 is 29.0. The summed E-state index contributed by atoms with van der Waals surface area (Å²) in [5.41, 5.74) is 0.515. The highest BCUT2D eigenvalue weighted by Gasteiger charge is 2.34. The molecule has 110 valence electrons. The third kappa shape index (κ3) is 2.78. The number of aliphatic carboxylic acids is 1. The van der Waals surface area contributed by atoms with Gasteiger partial charge in [-0.3, -0.25) is 4.79 Å². The fourth-order valence-electron chi connectivity index (χ4n) is 2.51. The van der Waals surface area contributed by atoms with Gasteiger partial charge in [-0.2, -0.15) is 0 Å². The van der Waals surface area contributed by atoms with E-state index in [-0.39, 0.29) is 10.9 Å². The van der Waals surface area contributed by atoms with Gasteiger partial charge in [-0.25, -0.2) is 8.42 Å². The number of hydrogen-bond acceptors (Lipinski definition) is 5. The Bertz CT molecular complexity index is 626. The van der Waals surface area contributed by atoms with Gasteiger partial charge in [0, 0.05) is 24.4 Å². The Morgan fingerprint density at radius 3 is 2.65 bits per heavy atom. The number of methoxy groups -OCH3 is 1. The van der Waals surface area contributed by atoms with E-state index in [2.05, 4.69) is 5.32 Å². The quantitative estimate of drug-likeness (QED) is 0.855. The van der Waals surface area contributed by atoms with E-state index in [1.807, 2.05) is 0 Å². The summed E-state index contributed by atoms with van der Waals surface area (Å²) in [7, 11) is -1.94. The van der Waals surface area contributed by atoms with E-state index in [1.54, 1.807) is 12.1 Å². The average Bonchev–Trinajstić information content (AvgIpc) is 2.86. The molecule has 6 nitrogen and oxygen atoms in total. The van der Waals surface area contributed by atoms with Crippen LogP contribution in [0.4, 0.5) is 0 Å². The van der Waals surface area contributed by atoms with Gasteiger partial charge in [0.15, 0.2) is 9.84 Å². The highest BCUT2D eigenvalue weighted by atomic mass is 32.2. The molecule has 2 N–H and O–H groups in total. The Morgan fingerprint density at radius 1 is 1.45 bits per heavy atom. The molecule has 1 aliphatic rings. The number of nitrogens with one attached hydrogen (secondary N) is 1. The Kier molecular flexibility index (Phi) is 4.01. The lowest BCUT2D eigenvalue weighted by molar-refractivity contribution is -0.141. The standard InChI is InChI=1S/C13H17NO5S/c1-19-10-4-3-5-11(20(2,17)18)12(10)9-6-8(7-14-9)13(15)16/h3-5,8-9,14H,6-7H2,1-2H3,(H,15,16). The van der Waals surface area contributed by atoms with E-state index in [0.717, 1.165) is 6.26 Å². The molecule has 0 bridgehead atoms. The first-order valence-corrected chi connectivity index (χ1v) is 8.07. The minimum atomic E-state index is -3.41. The fraction of sp³-hybridized carbons (Fsp3) is 0.462. The molecule has 1 fully saturated rings. The summed E-state index contributed by atoms with van der Waals surface area (Å²) in [6, 6.07) is 4.47. The van der Waals surface area contributed by atoms with Crippen LogP contribution in [-0.4, -0.2) is 39.4 Å². The lowest BCUT2D eigenvalue weighted by Gasteiger charge is -2.18. The molecule has 0 spiro atoms. The van der Waals surface area contributed by atoms with Gasteiger partial charge in [0.2, 0.25) is 0 Å². The summed E-state index contributed by atoms with van der Waals surface area (Å²) in [4.78, 5) is 11.2. The first-order chi connectivity index (χ1) is 9.34. The van der Waals surface area contributed by atoms with Crippen LogP contribution in [0, 0.1) is 5.92 Å². The molecule has 1 heterocycles. The molecule has 2 rings (SSSR count). The maximum absolute atomic E-state index is 11.9. The second kappa shape index (κ2) is 5.41. The van der Waals surface area contributed by atoms with Crippen molar-refractivity contribution in [2.45, 2.75) is 17.4 Å². The van der Waals surface area contributed by atoms with Gasteiger partial charge in [-0.05, 0) is 18.6 Å². The summed E-state index contributed by atoms with van der Waals surface area (Å²) >= 11 is 0. The lowest BCUT2D eigenvalue weighted by atomic mass is 9.99. The van der Waals surface area contributed by atoms with Crippen LogP contribution < -0.4 is 10.1 Å². The SMILES string of the molecule is COc1cccc(S(C)(=O)=O)c1C1CC(C(=O)O)CN1. The number of carboxylic acids is 1. The van der Waals surface area contributed by atoms with Crippen LogP contribution in [0.5, 0.6) is 5.75 Å². The molecule has 0 aromatic heterocycles. The number of carbonyl (C=O) groups is 1. The molecule has 1 saturated heterocycles. The normalized spacial score (nSPS) is 22.7. The molecule has 2 atom stereocenters. The molecule has 1 aromatic rings. The maximum Gasteiger partial charge on any atom is 0.307 e. The van der Waals surface area contributed by atoms with Gasteiger partial charge in [-0.15, -0.1) is 0 Å². The molecule has 1 aliphatic heterocycles. The van der Waals surface area contributed by atoms with Crippen molar-refractivity contribution in [2.24, 2.45) is 5.92 Å². The minimum absolute atomic E-state index is 0.181. The molecule has 7 heteroatoms.